The van der Waals surface area contributed by atoms with Crippen LogP contribution < -0.4 is 10.6 Å². The van der Waals surface area contributed by atoms with Crippen molar-refractivity contribution in [3.05, 3.63) is 0 Å². The Morgan fingerprint density at radius 2 is 1.64 bits per heavy atom. The second kappa shape index (κ2) is 5.18. The molecule has 0 radical (unpaired) electrons. The van der Waals surface area contributed by atoms with E-state index in [4.69, 9.17) is 9.47 Å². The number of rotatable bonds is 3. The van der Waals surface area contributed by atoms with Crippen LogP contribution in [0.1, 0.15) is 19.8 Å². The molecule has 2 aliphatic rings. The summed E-state index contributed by atoms with van der Waals surface area (Å²) >= 11 is 0. The molecule has 0 amide bonds. The molecule has 9 heteroatoms. The number of aliphatic hydroxyl groups is 1. The Morgan fingerprint density at radius 3 is 2.14 bits per heavy atom. The molecule has 3 N–H and O–H groups in total. The van der Waals surface area contributed by atoms with Crippen LogP contribution in [0.4, 0.5) is 0 Å². The summed E-state index contributed by atoms with van der Waals surface area (Å²) in [5.74, 6) is -2.78. The largest absolute Gasteiger partial charge is 0.468 e. The number of carbonyl (C=O) groups is 3. The van der Waals surface area contributed by atoms with E-state index in [9.17, 15) is 19.5 Å². The van der Waals surface area contributed by atoms with Gasteiger partial charge in [0.1, 0.15) is 6.04 Å². The molecule has 0 aromatic rings. The van der Waals surface area contributed by atoms with Gasteiger partial charge in [0.25, 0.3) is 0 Å². The van der Waals surface area contributed by atoms with Crippen molar-refractivity contribution in [2.24, 2.45) is 0 Å². The van der Waals surface area contributed by atoms with Crippen LogP contribution in [-0.4, -0.2) is 67.2 Å². The van der Waals surface area contributed by atoms with Gasteiger partial charge in [0.05, 0.1) is 27.0 Å². The fraction of sp³-hybridized carbons (Fsp3) is 0.769. The number of piperidine rings is 1. The SMILES string of the molecule is COC(=O)[C@H]1N[C@@]2(C)CC[C@](O)(C(=O)OC)[C@@]1(C(=O)OC)N2. The van der Waals surface area contributed by atoms with Gasteiger partial charge in [-0.15, -0.1) is 0 Å². The lowest BCUT2D eigenvalue weighted by Crippen LogP contribution is -2.77. The number of nitrogens with one attached hydrogen (secondary N) is 2. The number of carbonyl (C=O) groups excluding carboxylic acids is 3. The summed E-state index contributed by atoms with van der Waals surface area (Å²) in [5.41, 5.74) is -5.14. The molecule has 0 spiro atoms. The predicted octanol–water partition coefficient (Wildman–Crippen LogP) is -1.95. The van der Waals surface area contributed by atoms with Crippen LogP contribution in [-0.2, 0) is 28.6 Å². The van der Waals surface area contributed by atoms with Crippen molar-refractivity contribution in [3.8, 4) is 0 Å². The fourth-order valence-corrected chi connectivity index (χ4v) is 3.36. The Labute approximate surface area is 127 Å². The molecule has 9 nitrogen and oxygen atoms in total. The molecule has 2 fully saturated rings. The van der Waals surface area contributed by atoms with Crippen LogP contribution in [0.15, 0.2) is 0 Å². The zero-order chi connectivity index (χ0) is 16.8. The molecule has 0 aliphatic carbocycles. The molecule has 2 aliphatic heterocycles. The smallest absolute Gasteiger partial charge is 0.340 e. The number of hydrogen-bond acceptors (Lipinski definition) is 9. The molecule has 2 saturated heterocycles. The summed E-state index contributed by atoms with van der Waals surface area (Å²) in [5, 5.41) is 16.7. The molecular weight excluding hydrogens is 296 g/mol. The first-order valence-corrected chi connectivity index (χ1v) is 6.75. The minimum atomic E-state index is -2.27. The highest BCUT2D eigenvalue weighted by Crippen LogP contribution is 2.45. The van der Waals surface area contributed by atoms with Gasteiger partial charge in [0.2, 0.25) is 0 Å². The molecule has 4 atom stereocenters. The summed E-state index contributed by atoms with van der Waals surface area (Å²) in [4.78, 5) is 36.7. The number of fused-ring (bicyclic) bond motifs is 2. The highest BCUT2D eigenvalue weighted by atomic mass is 16.6. The van der Waals surface area contributed by atoms with E-state index in [0.29, 0.717) is 0 Å². The van der Waals surface area contributed by atoms with Crippen LogP contribution in [0.5, 0.6) is 0 Å². The second-order valence-electron chi connectivity index (χ2n) is 5.71. The van der Waals surface area contributed by atoms with E-state index in [1.165, 1.54) is 0 Å². The zero-order valence-corrected chi connectivity index (χ0v) is 12.9. The fourth-order valence-electron chi connectivity index (χ4n) is 3.36. The molecule has 0 aromatic heterocycles. The van der Waals surface area contributed by atoms with Gasteiger partial charge >= 0.3 is 17.9 Å². The third kappa shape index (κ3) is 1.93. The van der Waals surface area contributed by atoms with Crippen LogP contribution in [0.3, 0.4) is 0 Å². The molecule has 2 heterocycles. The van der Waals surface area contributed by atoms with Crippen molar-refractivity contribution in [1.82, 2.24) is 10.6 Å². The normalized spacial score (nSPS) is 40.0. The van der Waals surface area contributed by atoms with Gasteiger partial charge in [-0.05, 0) is 19.8 Å². The lowest BCUT2D eigenvalue weighted by Gasteiger charge is -2.46. The number of methoxy groups -OCH3 is 3. The molecule has 0 aromatic carbocycles. The first-order chi connectivity index (χ1) is 10.2. The standard InChI is InChI=1S/C13H20N2O7/c1-11-5-6-12(19,9(17)21-3)13(15-11,10(18)22-4)7(14-11)8(16)20-2/h7,14-15,19H,5-6H2,1-4H3/t7-,11-,12+,13-/m1/s1. The van der Waals surface area contributed by atoms with Gasteiger partial charge in [-0.1, -0.05) is 0 Å². The van der Waals surface area contributed by atoms with Gasteiger partial charge in [-0.2, -0.15) is 0 Å². The van der Waals surface area contributed by atoms with E-state index in [1.807, 2.05) is 0 Å². The topological polar surface area (TPSA) is 123 Å². The predicted molar refractivity (Wildman–Crippen MR) is 71.4 cm³/mol. The molecule has 2 rings (SSSR count). The number of hydrogen-bond donors (Lipinski definition) is 3. The van der Waals surface area contributed by atoms with Gasteiger partial charge in [0.15, 0.2) is 11.1 Å². The second-order valence-corrected chi connectivity index (χ2v) is 5.71. The minimum Gasteiger partial charge on any atom is -0.468 e. The van der Waals surface area contributed by atoms with Gasteiger partial charge in [-0.25, -0.2) is 9.59 Å². The Balaban J connectivity index is 2.65. The van der Waals surface area contributed by atoms with E-state index in [2.05, 4.69) is 15.4 Å². The molecular formula is C13H20N2O7. The summed E-state index contributed by atoms with van der Waals surface area (Å²) in [7, 11) is 3.35. The average Bonchev–Trinajstić information content (AvgIpc) is 2.80. The maximum Gasteiger partial charge on any atom is 0.340 e. The van der Waals surface area contributed by atoms with Crippen LogP contribution >= 0.6 is 0 Å². The van der Waals surface area contributed by atoms with Crippen molar-refractivity contribution in [1.29, 1.82) is 0 Å². The highest BCUT2D eigenvalue weighted by molar-refractivity contribution is 6.00. The van der Waals surface area contributed by atoms with E-state index < -0.39 is 40.8 Å². The Kier molecular flexibility index (Phi) is 3.92. The third-order valence-corrected chi connectivity index (χ3v) is 4.48. The van der Waals surface area contributed by atoms with Crippen LogP contribution in [0, 0.1) is 0 Å². The summed E-state index contributed by atoms with van der Waals surface area (Å²) < 4.78 is 14.1. The van der Waals surface area contributed by atoms with E-state index in [-0.39, 0.29) is 12.8 Å². The minimum absolute atomic E-state index is 0.0846. The van der Waals surface area contributed by atoms with E-state index in [0.717, 1.165) is 21.3 Å². The van der Waals surface area contributed by atoms with Crippen LogP contribution in [0.25, 0.3) is 0 Å². The zero-order valence-electron chi connectivity index (χ0n) is 12.9. The van der Waals surface area contributed by atoms with Crippen molar-refractivity contribution in [2.45, 2.75) is 42.6 Å². The molecule has 0 unspecified atom stereocenters. The van der Waals surface area contributed by atoms with Crippen LogP contribution in [0.2, 0.25) is 0 Å². The van der Waals surface area contributed by atoms with E-state index in [1.54, 1.807) is 6.92 Å². The maximum atomic E-state index is 12.5. The monoisotopic (exact) mass is 316 g/mol. The van der Waals surface area contributed by atoms with Crippen molar-refractivity contribution in [2.75, 3.05) is 21.3 Å². The molecule has 2 bridgehead atoms. The highest BCUT2D eigenvalue weighted by Gasteiger charge is 2.76. The molecule has 0 saturated carbocycles. The number of esters is 3. The lowest BCUT2D eigenvalue weighted by atomic mass is 9.70. The van der Waals surface area contributed by atoms with Crippen molar-refractivity contribution in [3.63, 3.8) is 0 Å². The Hall–Kier alpha value is -1.71. The third-order valence-electron chi connectivity index (χ3n) is 4.48. The van der Waals surface area contributed by atoms with Gasteiger partial charge in [-0.3, -0.25) is 15.4 Å². The van der Waals surface area contributed by atoms with E-state index >= 15 is 0 Å². The van der Waals surface area contributed by atoms with Crippen molar-refractivity contribution < 1.29 is 33.7 Å². The summed E-state index contributed by atoms with van der Waals surface area (Å²) in [6, 6.07) is -1.30. The lowest BCUT2D eigenvalue weighted by molar-refractivity contribution is -0.192. The van der Waals surface area contributed by atoms with Gasteiger partial charge < -0.3 is 19.3 Å². The molecule has 124 valence electrons. The number of ether oxygens (including phenoxy) is 3. The first-order valence-electron chi connectivity index (χ1n) is 6.75. The maximum absolute atomic E-state index is 12.5. The molecule has 22 heavy (non-hydrogen) atoms. The van der Waals surface area contributed by atoms with Crippen molar-refractivity contribution >= 4 is 17.9 Å². The average molecular weight is 316 g/mol. The summed E-state index contributed by atoms with van der Waals surface area (Å²) in [6.07, 6.45) is 0.198. The quantitative estimate of drug-likeness (QED) is 0.402. The summed E-state index contributed by atoms with van der Waals surface area (Å²) in [6.45, 7) is 1.71. The first kappa shape index (κ1) is 16.7. The Bertz CT molecular complexity index is 525. The Morgan fingerprint density at radius 1 is 1.05 bits per heavy atom. The van der Waals surface area contributed by atoms with Gasteiger partial charge in [0, 0.05) is 0 Å².